The van der Waals surface area contributed by atoms with Gasteiger partial charge in [0.1, 0.15) is 0 Å². The van der Waals surface area contributed by atoms with E-state index >= 15 is 0 Å². The van der Waals surface area contributed by atoms with Crippen LogP contribution in [0.1, 0.15) is 43.7 Å². The summed E-state index contributed by atoms with van der Waals surface area (Å²) in [5.41, 5.74) is 0.305. The lowest BCUT2D eigenvalue weighted by atomic mass is 10.0. The Kier molecular flexibility index (Phi) is 4.83. The lowest BCUT2D eigenvalue weighted by molar-refractivity contribution is -0.122. The number of hydrogen-bond donors (Lipinski definition) is 3. The van der Waals surface area contributed by atoms with E-state index in [1.54, 1.807) is 0 Å². The van der Waals surface area contributed by atoms with Crippen LogP contribution in [0.5, 0.6) is 0 Å². The van der Waals surface area contributed by atoms with Gasteiger partial charge in [-0.2, -0.15) is 5.10 Å². The van der Waals surface area contributed by atoms with Gasteiger partial charge in [0.2, 0.25) is 5.91 Å². The average Bonchev–Trinajstić information content (AvgIpc) is 3.39. The third-order valence-electron chi connectivity index (χ3n) is 5.26. The molecule has 0 unspecified atom stereocenters. The molecule has 2 aliphatic rings. The second kappa shape index (κ2) is 7.42. The van der Waals surface area contributed by atoms with Gasteiger partial charge in [0, 0.05) is 62.0 Å². The van der Waals surface area contributed by atoms with Gasteiger partial charge in [-0.25, -0.2) is 4.79 Å². The SMILES string of the molecule is O=C(CCn1ccc(=O)[nH]c1=O)NC1CCN(c2cc(C3CC3)[nH]n2)CC1. The minimum Gasteiger partial charge on any atom is -0.355 e. The zero-order valence-electron chi connectivity index (χ0n) is 15.1. The van der Waals surface area contributed by atoms with E-state index in [2.05, 4.69) is 31.5 Å². The number of rotatable bonds is 6. The first-order chi connectivity index (χ1) is 13.1. The Balaban J connectivity index is 1.23. The van der Waals surface area contributed by atoms with Crippen molar-refractivity contribution in [2.75, 3.05) is 18.0 Å². The van der Waals surface area contributed by atoms with Crippen molar-refractivity contribution >= 4 is 11.7 Å². The fraction of sp³-hybridized carbons (Fsp3) is 0.556. The predicted molar refractivity (Wildman–Crippen MR) is 99.9 cm³/mol. The van der Waals surface area contributed by atoms with Gasteiger partial charge >= 0.3 is 5.69 Å². The summed E-state index contributed by atoms with van der Waals surface area (Å²) in [7, 11) is 0. The Morgan fingerprint density at radius 1 is 1.22 bits per heavy atom. The van der Waals surface area contributed by atoms with Gasteiger partial charge in [0.25, 0.3) is 5.56 Å². The summed E-state index contributed by atoms with van der Waals surface area (Å²) < 4.78 is 1.33. The van der Waals surface area contributed by atoms with Crippen LogP contribution in [0.4, 0.5) is 5.82 Å². The highest BCUT2D eigenvalue weighted by Crippen LogP contribution is 2.40. The van der Waals surface area contributed by atoms with E-state index in [0.717, 1.165) is 31.7 Å². The number of aryl methyl sites for hydroxylation is 1. The quantitative estimate of drug-likeness (QED) is 0.675. The number of nitrogens with one attached hydrogen (secondary N) is 3. The van der Waals surface area contributed by atoms with Gasteiger partial charge in [-0.15, -0.1) is 0 Å². The van der Waals surface area contributed by atoms with Crippen molar-refractivity contribution in [2.45, 2.75) is 50.6 Å². The van der Waals surface area contributed by atoms with Crippen LogP contribution in [-0.2, 0) is 11.3 Å². The summed E-state index contributed by atoms with van der Waals surface area (Å²) in [6.07, 6.45) is 5.86. The maximum Gasteiger partial charge on any atom is 0.328 e. The van der Waals surface area contributed by atoms with Crippen molar-refractivity contribution in [3.8, 4) is 0 Å². The Morgan fingerprint density at radius 2 is 2.00 bits per heavy atom. The van der Waals surface area contributed by atoms with Gasteiger partial charge in [0.05, 0.1) is 0 Å². The smallest absolute Gasteiger partial charge is 0.328 e. The number of aromatic amines is 2. The van der Waals surface area contributed by atoms with E-state index in [-0.39, 0.29) is 24.9 Å². The third-order valence-corrected chi connectivity index (χ3v) is 5.26. The first-order valence-corrected chi connectivity index (χ1v) is 9.48. The molecule has 0 aromatic carbocycles. The van der Waals surface area contributed by atoms with Crippen molar-refractivity contribution in [2.24, 2.45) is 0 Å². The normalized spacial score (nSPS) is 17.9. The summed E-state index contributed by atoms with van der Waals surface area (Å²) in [5.74, 6) is 1.58. The molecule has 2 aromatic heterocycles. The molecule has 2 fully saturated rings. The first kappa shape index (κ1) is 17.6. The summed E-state index contributed by atoms with van der Waals surface area (Å²) in [5, 5.41) is 10.6. The van der Waals surface area contributed by atoms with Gasteiger partial charge in [0.15, 0.2) is 5.82 Å². The number of hydrogen-bond acceptors (Lipinski definition) is 5. The maximum absolute atomic E-state index is 12.2. The van der Waals surface area contributed by atoms with Crippen molar-refractivity contribution in [1.82, 2.24) is 25.1 Å². The van der Waals surface area contributed by atoms with Gasteiger partial charge in [-0.1, -0.05) is 0 Å². The number of piperidine rings is 1. The van der Waals surface area contributed by atoms with E-state index in [1.807, 2.05) is 0 Å². The molecule has 1 aliphatic heterocycles. The number of carbonyl (C=O) groups excluding carboxylic acids is 1. The third kappa shape index (κ3) is 4.29. The average molecular weight is 372 g/mol. The fourth-order valence-electron chi connectivity index (χ4n) is 3.49. The summed E-state index contributed by atoms with van der Waals surface area (Å²) >= 11 is 0. The lowest BCUT2D eigenvalue weighted by Crippen LogP contribution is -2.45. The van der Waals surface area contributed by atoms with Gasteiger partial charge < -0.3 is 14.8 Å². The molecular weight excluding hydrogens is 348 g/mol. The molecule has 3 N–H and O–H groups in total. The molecule has 0 atom stereocenters. The zero-order valence-corrected chi connectivity index (χ0v) is 15.1. The summed E-state index contributed by atoms with van der Waals surface area (Å²) in [6.45, 7) is 1.97. The highest BCUT2D eigenvalue weighted by atomic mass is 16.2. The lowest BCUT2D eigenvalue weighted by Gasteiger charge is -2.32. The van der Waals surface area contributed by atoms with E-state index in [0.29, 0.717) is 5.92 Å². The molecule has 0 radical (unpaired) electrons. The molecule has 0 bridgehead atoms. The first-order valence-electron chi connectivity index (χ1n) is 9.48. The zero-order chi connectivity index (χ0) is 18.8. The predicted octanol–water partition coefficient (Wildman–Crippen LogP) is 0.312. The molecule has 9 heteroatoms. The standard InChI is InChI=1S/C18H24N6O3/c25-16(5-9-24-10-6-17(26)20-18(24)27)19-13-3-7-23(8-4-13)15-11-14(21-22-15)12-1-2-12/h6,10-13H,1-5,7-9H2,(H,19,25)(H,21,22)(H,20,26,27). The molecule has 2 aromatic rings. The van der Waals surface area contributed by atoms with Crippen LogP contribution in [0.2, 0.25) is 0 Å². The molecule has 1 amide bonds. The molecule has 4 rings (SSSR count). The number of carbonyl (C=O) groups is 1. The topological polar surface area (TPSA) is 116 Å². The minimum absolute atomic E-state index is 0.0812. The number of anilines is 1. The van der Waals surface area contributed by atoms with Crippen LogP contribution in [0.25, 0.3) is 0 Å². The Morgan fingerprint density at radius 3 is 2.70 bits per heavy atom. The van der Waals surface area contributed by atoms with Crippen LogP contribution in [0.15, 0.2) is 27.9 Å². The molecule has 3 heterocycles. The van der Waals surface area contributed by atoms with Crippen molar-refractivity contribution in [3.05, 3.63) is 44.9 Å². The Bertz CT molecular complexity index is 917. The highest BCUT2D eigenvalue weighted by Gasteiger charge is 2.27. The number of amides is 1. The second-order valence-corrected chi connectivity index (χ2v) is 7.34. The fourth-order valence-corrected chi connectivity index (χ4v) is 3.49. The molecule has 144 valence electrons. The molecule has 9 nitrogen and oxygen atoms in total. The molecule has 1 saturated carbocycles. The van der Waals surface area contributed by atoms with Crippen molar-refractivity contribution < 1.29 is 4.79 Å². The van der Waals surface area contributed by atoms with Gasteiger partial charge in [-0.05, 0) is 25.7 Å². The van der Waals surface area contributed by atoms with E-state index < -0.39 is 11.2 Å². The molecule has 1 saturated heterocycles. The largest absolute Gasteiger partial charge is 0.355 e. The van der Waals surface area contributed by atoms with E-state index in [4.69, 9.17) is 0 Å². The van der Waals surface area contributed by atoms with E-state index in [9.17, 15) is 14.4 Å². The number of aromatic nitrogens is 4. The summed E-state index contributed by atoms with van der Waals surface area (Å²) in [4.78, 5) is 39.3. The maximum atomic E-state index is 12.2. The van der Waals surface area contributed by atoms with Crippen molar-refractivity contribution in [3.63, 3.8) is 0 Å². The van der Waals surface area contributed by atoms with Crippen LogP contribution in [-0.4, -0.2) is 44.8 Å². The Hall–Kier alpha value is -2.84. The molecular formula is C18H24N6O3. The van der Waals surface area contributed by atoms with Gasteiger partial charge in [-0.3, -0.25) is 19.7 Å². The minimum atomic E-state index is -0.492. The molecule has 27 heavy (non-hydrogen) atoms. The molecule has 0 spiro atoms. The van der Waals surface area contributed by atoms with Crippen LogP contribution in [0, 0.1) is 0 Å². The van der Waals surface area contributed by atoms with Crippen LogP contribution in [0.3, 0.4) is 0 Å². The summed E-state index contributed by atoms with van der Waals surface area (Å²) in [6, 6.07) is 3.57. The molecule has 1 aliphatic carbocycles. The Labute approximate surface area is 155 Å². The second-order valence-electron chi connectivity index (χ2n) is 7.34. The number of nitrogens with zero attached hydrogens (tertiary/aromatic N) is 3. The van der Waals surface area contributed by atoms with Crippen LogP contribution < -0.4 is 21.5 Å². The van der Waals surface area contributed by atoms with E-state index in [1.165, 1.54) is 35.4 Å². The number of H-pyrrole nitrogens is 2. The monoisotopic (exact) mass is 372 g/mol. The van der Waals surface area contributed by atoms with Crippen molar-refractivity contribution in [1.29, 1.82) is 0 Å². The highest BCUT2D eigenvalue weighted by molar-refractivity contribution is 5.76. The van der Waals surface area contributed by atoms with Crippen LogP contribution >= 0.6 is 0 Å².